The molecule has 8 nitrogen and oxygen atoms in total. The van der Waals surface area contributed by atoms with E-state index in [-0.39, 0.29) is 16.6 Å². The van der Waals surface area contributed by atoms with Crippen LogP contribution >= 0.6 is 0 Å². The van der Waals surface area contributed by atoms with E-state index in [1.54, 1.807) is 36.4 Å². The molecule has 1 atom stereocenters. The Bertz CT molecular complexity index is 1390. The Labute approximate surface area is 218 Å². The number of hydrogen-bond acceptors (Lipinski definition) is 6. The summed E-state index contributed by atoms with van der Waals surface area (Å²) in [5.74, 6) is 1.12. The van der Waals surface area contributed by atoms with Gasteiger partial charge in [-0.2, -0.15) is 0 Å². The summed E-state index contributed by atoms with van der Waals surface area (Å²) in [7, 11) is -1.16. The number of nitrogens with one attached hydrogen (secondary N) is 1. The Morgan fingerprint density at radius 2 is 1.76 bits per heavy atom. The second-order valence-electron chi connectivity index (χ2n) is 9.59. The summed E-state index contributed by atoms with van der Waals surface area (Å²) < 4.78 is 45.4. The van der Waals surface area contributed by atoms with E-state index in [0.29, 0.717) is 23.7 Å². The van der Waals surface area contributed by atoms with Gasteiger partial charge in [0.15, 0.2) is 0 Å². The summed E-state index contributed by atoms with van der Waals surface area (Å²) in [6.45, 7) is 5.46. The molecule has 0 fully saturated rings. The Kier molecular flexibility index (Phi) is 7.36. The molecule has 1 amide bonds. The molecule has 0 aliphatic carbocycles. The monoisotopic (exact) mass is 524 g/mol. The van der Waals surface area contributed by atoms with Crippen LogP contribution in [0.1, 0.15) is 37.4 Å². The molecule has 0 radical (unpaired) electrons. The molecule has 0 saturated heterocycles. The number of anilines is 1. The van der Waals surface area contributed by atoms with Crippen LogP contribution in [-0.4, -0.2) is 40.7 Å². The molecular formula is C28H32N2O6S. The third-order valence-electron chi connectivity index (χ3n) is 6.25. The first-order valence-corrected chi connectivity index (χ1v) is 13.4. The minimum absolute atomic E-state index is 0.0279. The van der Waals surface area contributed by atoms with Crippen molar-refractivity contribution in [3.8, 4) is 17.2 Å². The lowest BCUT2D eigenvalue weighted by molar-refractivity contribution is -0.120. The Morgan fingerprint density at radius 1 is 1.05 bits per heavy atom. The van der Waals surface area contributed by atoms with Gasteiger partial charge in [-0.3, -0.25) is 9.10 Å². The highest BCUT2D eigenvalue weighted by atomic mass is 32.2. The number of rotatable bonds is 8. The Hall–Kier alpha value is -3.72. The number of benzene rings is 3. The normalized spacial score (nSPS) is 16.2. The third kappa shape index (κ3) is 5.67. The molecule has 9 heteroatoms. The van der Waals surface area contributed by atoms with E-state index in [0.717, 1.165) is 15.4 Å². The van der Waals surface area contributed by atoms with Crippen LogP contribution in [-0.2, 0) is 14.8 Å². The Morgan fingerprint density at radius 3 is 2.43 bits per heavy atom. The van der Waals surface area contributed by atoms with Gasteiger partial charge in [0, 0.05) is 12.0 Å². The number of aryl methyl sites for hydroxylation is 1. The number of ether oxygens (including phenoxy) is 3. The first-order chi connectivity index (χ1) is 17.5. The van der Waals surface area contributed by atoms with Crippen molar-refractivity contribution in [2.24, 2.45) is 0 Å². The largest absolute Gasteiger partial charge is 0.497 e. The molecule has 0 bridgehead atoms. The maximum atomic E-state index is 13.8. The van der Waals surface area contributed by atoms with Crippen molar-refractivity contribution in [2.45, 2.75) is 43.7 Å². The van der Waals surface area contributed by atoms with Gasteiger partial charge >= 0.3 is 0 Å². The molecule has 1 N–H and O–H groups in total. The topological polar surface area (TPSA) is 94.2 Å². The summed E-state index contributed by atoms with van der Waals surface area (Å²) in [6.07, 6.45) is 0.537. The standard InChI is InChI=1S/C28H32N2O6S/c1-19-10-15-25-22(16-19)23(17-28(2,3)36-25)29-27(31)18-30(24-8-6-7-9-26(24)35-5)37(32,33)21-13-11-20(34-4)12-14-21/h6-16,23H,17-18H2,1-5H3,(H,29,31). The number of hydrogen-bond donors (Lipinski definition) is 1. The van der Waals surface area contributed by atoms with Gasteiger partial charge in [0.1, 0.15) is 29.4 Å². The number of nitrogens with zero attached hydrogens (tertiary/aromatic N) is 1. The van der Waals surface area contributed by atoms with E-state index in [9.17, 15) is 13.2 Å². The van der Waals surface area contributed by atoms with Crippen LogP contribution in [0.5, 0.6) is 17.2 Å². The van der Waals surface area contributed by atoms with Crippen molar-refractivity contribution in [1.29, 1.82) is 0 Å². The summed E-state index contributed by atoms with van der Waals surface area (Å²) in [6, 6.07) is 18.3. The van der Waals surface area contributed by atoms with Crippen molar-refractivity contribution < 1.29 is 27.4 Å². The van der Waals surface area contributed by atoms with Gasteiger partial charge in [-0.1, -0.05) is 29.8 Å². The van der Waals surface area contributed by atoms with Crippen LogP contribution in [0.3, 0.4) is 0 Å². The summed E-state index contributed by atoms with van der Waals surface area (Å²) in [5.41, 5.74) is 1.67. The lowest BCUT2D eigenvalue weighted by atomic mass is 9.89. The van der Waals surface area contributed by atoms with Gasteiger partial charge < -0.3 is 19.5 Å². The van der Waals surface area contributed by atoms with Crippen molar-refractivity contribution >= 4 is 21.6 Å². The minimum Gasteiger partial charge on any atom is -0.497 e. The molecule has 3 aromatic rings. The molecule has 1 heterocycles. The van der Waals surface area contributed by atoms with Crippen molar-refractivity contribution in [2.75, 3.05) is 25.1 Å². The highest BCUT2D eigenvalue weighted by Crippen LogP contribution is 2.40. The molecule has 0 saturated carbocycles. The molecule has 4 rings (SSSR count). The minimum atomic E-state index is -4.13. The molecule has 1 aliphatic heterocycles. The molecular weight excluding hydrogens is 492 g/mol. The number of carbonyl (C=O) groups excluding carboxylic acids is 1. The van der Waals surface area contributed by atoms with Crippen LogP contribution in [0.4, 0.5) is 5.69 Å². The number of sulfonamides is 1. The average Bonchev–Trinajstić information content (AvgIpc) is 2.87. The second-order valence-corrected chi connectivity index (χ2v) is 11.4. The van der Waals surface area contributed by atoms with Crippen LogP contribution in [0, 0.1) is 6.92 Å². The maximum absolute atomic E-state index is 13.8. The first kappa shape index (κ1) is 26.3. The fourth-order valence-corrected chi connectivity index (χ4v) is 5.92. The number of para-hydroxylation sites is 2. The smallest absolute Gasteiger partial charge is 0.264 e. The zero-order valence-corrected chi connectivity index (χ0v) is 22.5. The molecule has 1 unspecified atom stereocenters. The average molecular weight is 525 g/mol. The van der Waals surface area contributed by atoms with Gasteiger partial charge in [-0.15, -0.1) is 0 Å². The molecule has 3 aromatic carbocycles. The second kappa shape index (κ2) is 10.3. The SMILES string of the molecule is COc1ccc(S(=O)(=O)N(CC(=O)NC2CC(C)(C)Oc3ccc(C)cc32)c2ccccc2OC)cc1. The highest BCUT2D eigenvalue weighted by molar-refractivity contribution is 7.92. The van der Waals surface area contributed by atoms with Gasteiger partial charge in [0.2, 0.25) is 5.91 Å². The number of fused-ring (bicyclic) bond motifs is 1. The van der Waals surface area contributed by atoms with Crippen molar-refractivity contribution in [3.05, 3.63) is 77.9 Å². The number of carbonyl (C=O) groups is 1. The van der Waals surface area contributed by atoms with E-state index in [1.165, 1.54) is 26.4 Å². The van der Waals surface area contributed by atoms with Gasteiger partial charge in [0.05, 0.1) is 30.8 Å². The van der Waals surface area contributed by atoms with E-state index in [1.807, 2.05) is 39.0 Å². The van der Waals surface area contributed by atoms with Gasteiger partial charge in [-0.25, -0.2) is 8.42 Å². The van der Waals surface area contributed by atoms with Gasteiger partial charge in [0.25, 0.3) is 10.0 Å². The van der Waals surface area contributed by atoms with Crippen LogP contribution in [0.25, 0.3) is 0 Å². The third-order valence-corrected chi connectivity index (χ3v) is 8.02. The van der Waals surface area contributed by atoms with Crippen LogP contribution in [0.15, 0.2) is 71.6 Å². The zero-order chi connectivity index (χ0) is 26.8. The predicted octanol–water partition coefficient (Wildman–Crippen LogP) is 4.63. The van der Waals surface area contributed by atoms with E-state index in [2.05, 4.69) is 5.32 Å². The van der Waals surface area contributed by atoms with E-state index >= 15 is 0 Å². The predicted molar refractivity (Wildman–Crippen MR) is 142 cm³/mol. The van der Waals surface area contributed by atoms with Crippen LogP contribution < -0.4 is 23.8 Å². The first-order valence-electron chi connectivity index (χ1n) is 11.9. The summed E-state index contributed by atoms with van der Waals surface area (Å²) >= 11 is 0. The Balaban J connectivity index is 1.68. The van der Waals surface area contributed by atoms with Gasteiger partial charge in [-0.05, 0) is 63.2 Å². The van der Waals surface area contributed by atoms with Crippen LogP contribution in [0.2, 0.25) is 0 Å². The summed E-state index contributed by atoms with van der Waals surface area (Å²) in [5, 5.41) is 3.05. The van der Waals surface area contributed by atoms with E-state index < -0.39 is 28.1 Å². The quantitative estimate of drug-likeness (QED) is 0.462. The fourth-order valence-electron chi connectivity index (χ4n) is 4.48. The van der Waals surface area contributed by atoms with Crippen molar-refractivity contribution in [3.63, 3.8) is 0 Å². The molecule has 0 aromatic heterocycles. The molecule has 1 aliphatic rings. The molecule has 196 valence electrons. The lowest BCUT2D eigenvalue weighted by Gasteiger charge is -2.38. The summed E-state index contributed by atoms with van der Waals surface area (Å²) in [4.78, 5) is 13.5. The fraction of sp³-hybridized carbons (Fsp3) is 0.321. The maximum Gasteiger partial charge on any atom is 0.264 e. The van der Waals surface area contributed by atoms with E-state index in [4.69, 9.17) is 14.2 Å². The lowest BCUT2D eigenvalue weighted by Crippen LogP contribution is -2.45. The highest BCUT2D eigenvalue weighted by Gasteiger charge is 2.36. The number of methoxy groups -OCH3 is 2. The molecule has 0 spiro atoms. The zero-order valence-electron chi connectivity index (χ0n) is 21.6. The molecule has 37 heavy (non-hydrogen) atoms. The van der Waals surface area contributed by atoms with Crippen molar-refractivity contribution in [1.82, 2.24) is 5.32 Å². The number of amides is 1.